The minimum Gasteiger partial charge on any atom is -0.422 e. The van der Waals surface area contributed by atoms with Crippen molar-refractivity contribution in [3.8, 4) is 5.75 Å². The van der Waals surface area contributed by atoms with Crippen molar-refractivity contribution in [2.45, 2.75) is 6.92 Å². The van der Waals surface area contributed by atoms with Crippen LogP contribution in [0, 0.1) is 0 Å². The van der Waals surface area contributed by atoms with Crippen LogP contribution in [0.4, 0.5) is 5.69 Å². The van der Waals surface area contributed by atoms with Crippen molar-refractivity contribution < 1.29 is 14.3 Å². The highest BCUT2D eigenvalue weighted by Crippen LogP contribution is 2.26. The second kappa shape index (κ2) is 8.14. The fraction of sp³-hybridized carbons (Fsp3) is 0.0455. The van der Waals surface area contributed by atoms with Crippen LogP contribution < -0.4 is 9.75 Å². The third kappa shape index (κ3) is 4.21. The summed E-state index contributed by atoms with van der Waals surface area (Å²) < 4.78 is 6.29. The molecule has 1 aliphatic rings. The van der Waals surface area contributed by atoms with Crippen molar-refractivity contribution >= 4 is 56.6 Å². The van der Waals surface area contributed by atoms with E-state index in [1.807, 2.05) is 29.6 Å². The number of hydrogen-bond donors (Lipinski definition) is 0. The summed E-state index contributed by atoms with van der Waals surface area (Å²) in [7, 11) is 0. The van der Waals surface area contributed by atoms with Crippen LogP contribution in [-0.4, -0.2) is 17.6 Å². The number of amides is 1. The maximum atomic E-state index is 12.8. The first-order chi connectivity index (χ1) is 14.0. The highest BCUT2D eigenvalue weighted by Gasteiger charge is 2.28. The predicted molar refractivity (Wildman–Crippen MR) is 118 cm³/mol. The molecule has 144 valence electrons. The first-order valence-electron chi connectivity index (χ1n) is 8.74. The second-order valence-electron chi connectivity index (χ2n) is 6.27. The molecule has 0 spiro atoms. The lowest BCUT2D eigenvalue weighted by Crippen LogP contribution is -2.21. The van der Waals surface area contributed by atoms with Gasteiger partial charge in [-0.05, 0) is 66.4 Å². The van der Waals surface area contributed by atoms with Crippen molar-refractivity contribution in [1.82, 2.24) is 0 Å². The number of carbonyl (C=O) groups excluding carboxylic acids is 2. The average molecular weight is 467 g/mol. The summed E-state index contributed by atoms with van der Waals surface area (Å²) in [6, 6.07) is 17.9. The van der Waals surface area contributed by atoms with Crippen LogP contribution in [0.25, 0.3) is 6.08 Å². The summed E-state index contributed by atoms with van der Waals surface area (Å²) in [5.41, 5.74) is 2.69. The predicted octanol–water partition coefficient (Wildman–Crippen LogP) is 5.54. The van der Waals surface area contributed by atoms with E-state index < -0.39 is 0 Å². The number of hydrazone groups is 1. The molecule has 2 aromatic carbocycles. The minimum atomic E-state index is -0.384. The van der Waals surface area contributed by atoms with Gasteiger partial charge in [-0.3, -0.25) is 4.79 Å². The Labute approximate surface area is 180 Å². The lowest BCUT2D eigenvalue weighted by atomic mass is 10.1. The quantitative estimate of drug-likeness (QED) is 0.288. The summed E-state index contributed by atoms with van der Waals surface area (Å²) in [5.74, 6) is -0.117. The van der Waals surface area contributed by atoms with Crippen LogP contribution in [0.3, 0.4) is 0 Å². The van der Waals surface area contributed by atoms with Crippen LogP contribution in [0.2, 0.25) is 0 Å². The molecule has 0 N–H and O–H groups in total. The van der Waals surface area contributed by atoms with Crippen molar-refractivity contribution in [2.75, 3.05) is 5.01 Å². The van der Waals surface area contributed by atoms with E-state index in [1.165, 1.54) is 16.3 Å². The van der Waals surface area contributed by atoms with E-state index in [1.54, 1.807) is 49.4 Å². The monoisotopic (exact) mass is 466 g/mol. The van der Waals surface area contributed by atoms with E-state index in [2.05, 4.69) is 21.0 Å². The van der Waals surface area contributed by atoms with Gasteiger partial charge in [-0.15, -0.1) is 11.3 Å². The molecule has 0 aliphatic carbocycles. The first kappa shape index (κ1) is 19.3. The van der Waals surface area contributed by atoms with E-state index in [9.17, 15) is 9.59 Å². The van der Waals surface area contributed by atoms with E-state index >= 15 is 0 Å². The van der Waals surface area contributed by atoms with E-state index in [4.69, 9.17) is 4.74 Å². The average Bonchev–Trinajstić information content (AvgIpc) is 3.35. The van der Waals surface area contributed by atoms with Crippen molar-refractivity contribution in [3.05, 3.63) is 86.5 Å². The van der Waals surface area contributed by atoms with E-state index in [-0.39, 0.29) is 11.9 Å². The Morgan fingerprint density at radius 1 is 1.10 bits per heavy atom. The third-order valence-corrected chi connectivity index (χ3v) is 5.64. The molecule has 0 radical (unpaired) electrons. The molecule has 0 unspecified atom stereocenters. The minimum absolute atomic E-state index is 0.182. The Morgan fingerprint density at radius 3 is 2.48 bits per heavy atom. The molecule has 4 rings (SSSR count). The number of rotatable bonds is 4. The van der Waals surface area contributed by atoms with Crippen molar-refractivity contribution in [3.63, 3.8) is 0 Å². The Kier molecular flexibility index (Phi) is 5.42. The van der Waals surface area contributed by atoms with Gasteiger partial charge in [0.2, 0.25) is 0 Å². The van der Waals surface area contributed by atoms with Crippen molar-refractivity contribution in [2.24, 2.45) is 5.10 Å². The summed E-state index contributed by atoms with van der Waals surface area (Å²) in [6.45, 7) is 1.81. The summed E-state index contributed by atoms with van der Waals surface area (Å²) in [5, 5.41) is 7.60. The molecule has 7 heteroatoms. The SMILES string of the molecule is CC1=NN(c2ccc(Br)cc2)C(=O)/C1=C/c1ccc(OC(=O)c2cccs2)cc1. The Bertz CT molecular complexity index is 1120. The molecule has 0 saturated heterocycles. The molecular weight excluding hydrogens is 452 g/mol. The van der Waals surface area contributed by atoms with E-state index in [0.717, 1.165) is 10.0 Å². The maximum absolute atomic E-state index is 12.8. The molecule has 0 saturated carbocycles. The number of esters is 1. The van der Waals surface area contributed by atoms with Crippen LogP contribution in [0.15, 0.2) is 81.2 Å². The van der Waals surface area contributed by atoms with Gasteiger partial charge in [0.1, 0.15) is 10.6 Å². The Morgan fingerprint density at radius 2 is 1.83 bits per heavy atom. The lowest BCUT2D eigenvalue weighted by molar-refractivity contribution is -0.114. The number of carbonyl (C=O) groups is 2. The number of halogens is 1. The molecule has 1 amide bonds. The Balaban J connectivity index is 1.50. The zero-order valence-electron chi connectivity index (χ0n) is 15.3. The third-order valence-electron chi connectivity index (χ3n) is 4.26. The van der Waals surface area contributed by atoms with Gasteiger partial charge in [-0.25, -0.2) is 4.79 Å². The van der Waals surface area contributed by atoms with Crippen LogP contribution in [0.1, 0.15) is 22.2 Å². The highest BCUT2D eigenvalue weighted by molar-refractivity contribution is 9.10. The molecule has 3 aromatic rings. The van der Waals surface area contributed by atoms with Crippen LogP contribution in [0.5, 0.6) is 5.75 Å². The normalized spacial score (nSPS) is 15.0. The number of nitrogens with zero attached hydrogens (tertiary/aromatic N) is 2. The van der Waals surface area contributed by atoms with Gasteiger partial charge in [0.25, 0.3) is 5.91 Å². The molecule has 0 atom stereocenters. The Hall–Kier alpha value is -3.03. The molecule has 2 heterocycles. The van der Waals surface area contributed by atoms with Gasteiger partial charge in [0.15, 0.2) is 0 Å². The zero-order valence-corrected chi connectivity index (χ0v) is 17.7. The van der Waals surface area contributed by atoms with Gasteiger partial charge in [0.05, 0.1) is 17.0 Å². The number of benzene rings is 2. The van der Waals surface area contributed by atoms with Gasteiger partial charge in [-0.1, -0.05) is 34.1 Å². The molecule has 5 nitrogen and oxygen atoms in total. The number of thiophene rings is 1. The molecular formula is C22H15BrN2O3S. The molecule has 1 aromatic heterocycles. The highest BCUT2D eigenvalue weighted by atomic mass is 79.9. The molecule has 1 aliphatic heterocycles. The lowest BCUT2D eigenvalue weighted by Gasteiger charge is -2.11. The van der Waals surface area contributed by atoms with Gasteiger partial charge >= 0.3 is 5.97 Å². The number of anilines is 1. The summed E-state index contributed by atoms with van der Waals surface area (Å²) >= 11 is 4.72. The second-order valence-corrected chi connectivity index (χ2v) is 8.14. The largest absolute Gasteiger partial charge is 0.422 e. The fourth-order valence-corrected chi connectivity index (χ4v) is 3.66. The zero-order chi connectivity index (χ0) is 20.4. The van der Waals surface area contributed by atoms with Crippen LogP contribution in [-0.2, 0) is 4.79 Å². The maximum Gasteiger partial charge on any atom is 0.353 e. The van der Waals surface area contributed by atoms with Crippen molar-refractivity contribution in [1.29, 1.82) is 0 Å². The first-order valence-corrected chi connectivity index (χ1v) is 10.4. The molecule has 29 heavy (non-hydrogen) atoms. The number of hydrogen-bond acceptors (Lipinski definition) is 5. The van der Waals surface area contributed by atoms with E-state index in [0.29, 0.717) is 27.6 Å². The topological polar surface area (TPSA) is 59.0 Å². The molecule has 0 fully saturated rings. The van der Waals surface area contributed by atoms with Crippen LogP contribution >= 0.6 is 27.3 Å². The smallest absolute Gasteiger partial charge is 0.353 e. The summed E-state index contributed by atoms with van der Waals surface area (Å²) in [6.07, 6.45) is 1.78. The van der Waals surface area contributed by atoms with Gasteiger partial charge in [-0.2, -0.15) is 10.1 Å². The number of ether oxygens (including phenoxy) is 1. The summed E-state index contributed by atoms with van der Waals surface area (Å²) in [4.78, 5) is 25.4. The van der Waals surface area contributed by atoms with Gasteiger partial charge < -0.3 is 4.74 Å². The standard InChI is InChI=1S/C22H15BrN2O3S/c1-14-19(21(26)25(24-14)17-8-6-16(23)7-9-17)13-15-4-10-18(11-5-15)28-22(27)20-3-2-12-29-20/h2-13H,1H3/b19-13+. The molecule has 0 bridgehead atoms. The van der Waals surface area contributed by atoms with Gasteiger partial charge in [0, 0.05) is 4.47 Å². The fourth-order valence-electron chi connectivity index (χ4n) is 2.79.